The Bertz CT molecular complexity index is 225. The van der Waals surface area contributed by atoms with Crippen molar-refractivity contribution in [1.82, 2.24) is 16.0 Å². The molecule has 1 saturated heterocycles. The highest BCUT2D eigenvalue weighted by atomic mass is 16.5. The van der Waals surface area contributed by atoms with E-state index in [0.717, 1.165) is 13.1 Å². The zero-order valence-electron chi connectivity index (χ0n) is 9.89. The van der Waals surface area contributed by atoms with Gasteiger partial charge < -0.3 is 20.7 Å². The van der Waals surface area contributed by atoms with Crippen LogP contribution in [0.25, 0.3) is 0 Å². The van der Waals surface area contributed by atoms with Crippen LogP contribution in [0.2, 0.25) is 0 Å². The minimum atomic E-state index is -0.210. The minimum absolute atomic E-state index is 0.0531. The number of hydrogen-bond donors (Lipinski definition) is 3. The van der Waals surface area contributed by atoms with Crippen LogP contribution in [0.4, 0.5) is 4.79 Å². The quantitative estimate of drug-likeness (QED) is 0.611. The highest BCUT2D eigenvalue weighted by molar-refractivity contribution is 5.75. The van der Waals surface area contributed by atoms with Crippen LogP contribution in [0.15, 0.2) is 0 Å². The van der Waals surface area contributed by atoms with E-state index in [9.17, 15) is 4.79 Å². The molecule has 1 rings (SSSR count). The summed E-state index contributed by atoms with van der Waals surface area (Å²) < 4.78 is 5.25. The first-order valence-corrected chi connectivity index (χ1v) is 5.24. The molecule has 1 aliphatic rings. The maximum atomic E-state index is 11.6. The summed E-state index contributed by atoms with van der Waals surface area (Å²) in [5.74, 6) is 0. The average Bonchev–Trinajstić information content (AvgIpc) is 2.48. The molecule has 3 N–H and O–H groups in total. The van der Waals surface area contributed by atoms with Gasteiger partial charge >= 0.3 is 6.03 Å². The van der Waals surface area contributed by atoms with Gasteiger partial charge in [0.15, 0.2) is 0 Å². The molecule has 0 aliphatic carbocycles. The van der Waals surface area contributed by atoms with E-state index in [2.05, 4.69) is 16.0 Å². The molecule has 0 aromatic heterocycles. The van der Waals surface area contributed by atoms with E-state index in [1.165, 1.54) is 0 Å². The third-order valence-electron chi connectivity index (χ3n) is 2.27. The molecule has 1 fully saturated rings. The van der Waals surface area contributed by atoms with E-state index < -0.39 is 0 Å². The number of carbonyl (C=O) groups excluding carboxylic acids is 1. The minimum Gasteiger partial charge on any atom is -0.378 e. The largest absolute Gasteiger partial charge is 0.378 e. The molecule has 15 heavy (non-hydrogen) atoms. The van der Waals surface area contributed by atoms with Crippen LogP contribution >= 0.6 is 0 Å². The normalized spacial score (nSPS) is 26.4. The molecule has 0 radical (unpaired) electrons. The monoisotopic (exact) mass is 215 g/mol. The Labute approximate surface area is 90.9 Å². The van der Waals surface area contributed by atoms with Crippen molar-refractivity contribution >= 4 is 6.03 Å². The average molecular weight is 215 g/mol. The molecule has 1 heterocycles. The number of amides is 2. The van der Waals surface area contributed by atoms with Gasteiger partial charge in [0.25, 0.3) is 0 Å². The Morgan fingerprint density at radius 1 is 1.40 bits per heavy atom. The van der Waals surface area contributed by atoms with Crippen LogP contribution in [-0.4, -0.2) is 43.9 Å². The van der Waals surface area contributed by atoms with Crippen LogP contribution in [-0.2, 0) is 4.74 Å². The lowest BCUT2D eigenvalue weighted by molar-refractivity contribution is 0.0979. The van der Waals surface area contributed by atoms with Crippen molar-refractivity contribution in [3.63, 3.8) is 0 Å². The Hall–Kier alpha value is -0.810. The van der Waals surface area contributed by atoms with Gasteiger partial charge in [0.1, 0.15) is 0 Å². The van der Waals surface area contributed by atoms with Crippen molar-refractivity contribution in [1.29, 1.82) is 0 Å². The number of rotatable bonds is 2. The van der Waals surface area contributed by atoms with Crippen molar-refractivity contribution in [2.24, 2.45) is 0 Å². The zero-order valence-corrected chi connectivity index (χ0v) is 9.89. The maximum Gasteiger partial charge on any atom is 0.315 e. The van der Waals surface area contributed by atoms with E-state index in [1.54, 1.807) is 7.11 Å². The topological polar surface area (TPSA) is 62.4 Å². The predicted molar refractivity (Wildman–Crippen MR) is 58.9 cm³/mol. The molecule has 0 aromatic carbocycles. The number of methoxy groups -OCH3 is 1. The highest BCUT2D eigenvalue weighted by Gasteiger charge is 2.28. The Kier molecular flexibility index (Phi) is 3.93. The molecule has 2 atom stereocenters. The molecule has 0 aromatic rings. The summed E-state index contributed by atoms with van der Waals surface area (Å²) >= 11 is 0. The Morgan fingerprint density at radius 2 is 2.07 bits per heavy atom. The molecule has 0 spiro atoms. The molecule has 5 nitrogen and oxygen atoms in total. The van der Waals surface area contributed by atoms with Gasteiger partial charge in [-0.3, -0.25) is 0 Å². The fraction of sp³-hybridized carbons (Fsp3) is 0.900. The van der Waals surface area contributed by atoms with Gasteiger partial charge in [0.2, 0.25) is 0 Å². The standard InChI is InChI=1S/C10H21N3O2/c1-10(2,3)13-9(14)12-7-5-11-6-8(7)15-4/h7-8,11H,5-6H2,1-4H3,(H2,12,13,14). The number of nitrogens with one attached hydrogen (secondary N) is 3. The zero-order chi connectivity index (χ0) is 11.5. The second-order valence-corrected chi connectivity index (χ2v) is 4.89. The van der Waals surface area contributed by atoms with E-state index in [0.29, 0.717) is 0 Å². The summed E-state index contributed by atoms with van der Waals surface area (Å²) in [6, 6.07) is -0.0874. The van der Waals surface area contributed by atoms with Crippen molar-refractivity contribution in [2.75, 3.05) is 20.2 Å². The second kappa shape index (κ2) is 4.81. The summed E-state index contributed by atoms with van der Waals surface area (Å²) in [5, 5.41) is 8.93. The first kappa shape index (κ1) is 12.3. The summed E-state index contributed by atoms with van der Waals surface area (Å²) in [7, 11) is 1.66. The molecule has 0 bridgehead atoms. The van der Waals surface area contributed by atoms with Crippen molar-refractivity contribution in [3.05, 3.63) is 0 Å². The molecule has 0 saturated carbocycles. The van der Waals surface area contributed by atoms with Crippen LogP contribution in [0.3, 0.4) is 0 Å². The summed E-state index contributed by atoms with van der Waals surface area (Å²) in [6.45, 7) is 7.40. The van der Waals surface area contributed by atoms with Crippen molar-refractivity contribution in [2.45, 2.75) is 38.5 Å². The highest BCUT2D eigenvalue weighted by Crippen LogP contribution is 2.04. The smallest absolute Gasteiger partial charge is 0.315 e. The van der Waals surface area contributed by atoms with Gasteiger partial charge in [0.05, 0.1) is 12.1 Å². The van der Waals surface area contributed by atoms with Gasteiger partial charge in [-0.05, 0) is 20.8 Å². The number of ether oxygens (including phenoxy) is 1. The predicted octanol–water partition coefficient (Wildman–Crippen LogP) is 0.0709. The summed E-state index contributed by atoms with van der Waals surface area (Å²) in [5.41, 5.74) is -0.210. The fourth-order valence-electron chi connectivity index (χ4n) is 1.59. The molecule has 88 valence electrons. The number of hydrogen-bond acceptors (Lipinski definition) is 3. The summed E-state index contributed by atoms with van der Waals surface area (Å²) in [4.78, 5) is 11.6. The lowest BCUT2D eigenvalue weighted by Gasteiger charge is -2.24. The first-order valence-electron chi connectivity index (χ1n) is 5.24. The summed E-state index contributed by atoms with van der Waals surface area (Å²) in [6.07, 6.45) is 0.0655. The van der Waals surface area contributed by atoms with Gasteiger partial charge in [-0.1, -0.05) is 0 Å². The third kappa shape index (κ3) is 4.05. The Balaban J connectivity index is 2.37. The fourth-order valence-corrected chi connectivity index (χ4v) is 1.59. The van der Waals surface area contributed by atoms with Gasteiger partial charge in [-0.15, -0.1) is 0 Å². The van der Waals surface area contributed by atoms with E-state index >= 15 is 0 Å². The van der Waals surface area contributed by atoms with E-state index in [1.807, 2.05) is 20.8 Å². The lowest BCUT2D eigenvalue weighted by Crippen LogP contribution is -2.52. The van der Waals surface area contributed by atoms with Crippen LogP contribution in [0, 0.1) is 0 Å². The van der Waals surface area contributed by atoms with Crippen LogP contribution < -0.4 is 16.0 Å². The van der Waals surface area contributed by atoms with Crippen LogP contribution in [0.1, 0.15) is 20.8 Å². The lowest BCUT2D eigenvalue weighted by atomic mass is 10.1. The van der Waals surface area contributed by atoms with E-state index in [4.69, 9.17) is 4.74 Å². The first-order chi connectivity index (χ1) is 6.92. The second-order valence-electron chi connectivity index (χ2n) is 4.89. The van der Waals surface area contributed by atoms with Gasteiger partial charge in [-0.2, -0.15) is 0 Å². The SMILES string of the molecule is COC1CNCC1NC(=O)NC(C)(C)C. The number of carbonyl (C=O) groups is 1. The van der Waals surface area contributed by atoms with Crippen molar-refractivity contribution < 1.29 is 9.53 Å². The maximum absolute atomic E-state index is 11.6. The van der Waals surface area contributed by atoms with Gasteiger partial charge in [-0.25, -0.2) is 4.79 Å². The van der Waals surface area contributed by atoms with Crippen molar-refractivity contribution in [3.8, 4) is 0 Å². The molecule has 2 amide bonds. The van der Waals surface area contributed by atoms with Gasteiger partial charge in [0, 0.05) is 25.7 Å². The Morgan fingerprint density at radius 3 is 2.60 bits per heavy atom. The molecule has 2 unspecified atom stereocenters. The molecular formula is C10H21N3O2. The van der Waals surface area contributed by atoms with Crippen LogP contribution in [0.5, 0.6) is 0 Å². The number of urea groups is 1. The molecule has 1 aliphatic heterocycles. The molecule has 5 heteroatoms. The van der Waals surface area contributed by atoms with E-state index in [-0.39, 0.29) is 23.7 Å². The molecular weight excluding hydrogens is 194 g/mol. The third-order valence-corrected chi connectivity index (χ3v) is 2.27.